The van der Waals surface area contributed by atoms with Gasteiger partial charge in [-0.15, -0.1) is 0 Å². The first kappa shape index (κ1) is 23.9. The van der Waals surface area contributed by atoms with Crippen LogP contribution in [-0.2, 0) is 12.0 Å². The van der Waals surface area contributed by atoms with Gasteiger partial charge in [0.05, 0.1) is 17.2 Å². The first-order valence-electron chi connectivity index (χ1n) is 10.5. The summed E-state index contributed by atoms with van der Waals surface area (Å²) >= 11 is 6.38. The molecule has 1 aromatic heterocycles. The van der Waals surface area contributed by atoms with Gasteiger partial charge in [-0.1, -0.05) is 41.9 Å². The zero-order valence-electron chi connectivity index (χ0n) is 18.2. The van der Waals surface area contributed by atoms with Gasteiger partial charge in [0, 0.05) is 49.0 Å². The van der Waals surface area contributed by atoms with Crippen molar-refractivity contribution < 1.29 is 28.2 Å². The number of pyridine rings is 1. The van der Waals surface area contributed by atoms with Crippen LogP contribution in [-0.4, -0.2) is 42.8 Å². The molecule has 0 saturated heterocycles. The second-order valence-electron chi connectivity index (χ2n) is 7.68. The van der Waals surface area contributed by atoms with Crippen molar-refractivity contribution in [3.05, 3.63) is 75.9 Å². The minimum absolute atomic E-state index is 0.0460. The van der Waals surface area contributed by atoms with E-state index in [0.29, 0.717) is 5.56 Å². The number of aromatic nitrogens is 1. The van der Waals surface area contributed by atoms with Gasteiger partial charge in [-0.2, -0.15) is 0 Å². The molecule has 1 aliphatic heterocycles. The monoisotopic (exact) mass is 489 g/mol. The number of ether oxygens (including phenoxy) is 2. The molecule has 1 atom stereocenters. The molecule has 2 heterocycles. The number of carbonyl (C=O) groups excluding carboxylic acids is 1. The van der Waals surface area contributed by atoms with E-state index in [1.165, 1.54) is 7.05 Å². The fraction of sp³-hybridized carbons (Fsp3) is 0.250. The molecule has 4 N–H and O–H groups in total. The molecule has 34 heavy (non-hydrogen) atoms. The number of amides is 1. The third kappa shape index (κ3) is 3.96. The van der Waals surface area contributed by atoms with Crippen LogP contribution in [0.2, 0.25) is 5.02 Å². The van der Waals surface area contributed by atoms with Crippen molar-refractivity contribution in [3.8, 4) is 22.8 Å². The number of benzene rings is 2. The van der Waals surface area contributed by atoms with Crippen molar-refractivity contribution in [2.24, 2.45) is 5.73 Å². The zero-order chi connectivity index (χ0) is 24.5. The highest BCUT2D eigenvalue weighted by molar-refractivity contribution is 6.34. The number of fused-ring (bicyclic) bond motifs is 1. The number of aliphatic hydroxyl groups is 1. The summed E-state index contributed by atoms with van der Waals surface area (Å²) in [5.41, 5.74) is 5.72. The quantitative estimate of drug-likeness (QED) is 0.470. The molecule has 4 rings (SSSR count). The zero-order valence-corrected chi connectivity index (χ0v) is 19.0. The van der Waals surface area contributed by atoms with Gasteiger partial charge >= 0.3 is 0 Å². The minimum Gasteiger partial charge on any atom is -0.480 e. The number of nitrogens with one attached hydrogen (secondary N) is 1. The molecule has 0 fully saturated rings. The maximum Gasteiger partial charge on any atom is 0.253 e. The van der Waals surface area contributed by atoms with E-state index < -0.39 is 29.0 Å². The van der Waals surface area contributed by atoms with Gasteiger partial charge < -0.3 is 25.6 Å². The summed E-state index contributed by atoms with van der Waals surface area (Å²) in [4.78, 5) is 16.5. The van der Waals surface area contributed by atoms with Crippen molar-refractivity contribution in [1.82, 2.24) is 10.3 Å². The Labute approximate surface area is 199 Å². The van der Waals surface area contributed by atoms with E-state index in [0.717, 1.165) is 17.8 Å². The molecule has 1 unspecified atom stereocenters. The van der Waals surface area contributed by atoms with Crippen molar-refractivity contribution >= 4 is 17.5 Å². The van der Waals surface area contributed by atoms with E-state index in [4.69, 9.17) is 31.9 Å². The summed E-state index contributed by atoms with van der Waals surface area (Å²) in [6.45, 7) is -0.560. The predicted octanol–water partition coefficient (Wildman–Crippen LogP) is 3.20. The molecular weight excluding hydrogens is 468 g/mol. The van der Waals surface area contributed by atoms with E-state index in [1.807, 2.05) is 30.3 Å². The molecular formula is C24H22ClF2N3O4. The van der Waals surface area contributed by atoms with Crippen LogP contribution < -0.4 is 20.5 Å². The Kier molecular flexibility index (Phi) is 6.70. The van der Waals surface area contributed by atoms with Gasteiger partial charge in [0.2, 0.25) is 0 Å². The summed E-state index contributed by atoms with van der Waals surface area (Å²) in [6.07, 6.45) is 1.26. The van der Waals surface area contributed by atoms with Crippen LogP contribution in [0.3, 0.4) is 0 Å². The Morgan fingerprint density at radius 2 is 2.06 bits per heavy atom. The molecule has 0 bridgehead atoms. The molecule has 2 aromatic carbocycles. The van der Waals surface area contributed by atoms with E-state index in [-0.39, 0.29) is 53.6 Å². The maximum absolute atomic E-state index is 15.7. The molecule has 0 saturated carbocycles. The van der Waals surface area contributed by atoms with Gasteiger partial charge in [0.15, 0.2) is 11.4 Å². The van der Waals surface area contributed by atoms with Gasteiger partial charge in [-0.3, -0.25) is 4.79 Å². The van der Waals surface area contributed by atoms with Crippen molar-refractivity contribution in [3.63, 3.8) is 0 Å². The number of nitrogens with zero attached hydrogens (tertiary/aromatic N) is 1. The molecule has 0 spiro atoms. The first-order valence-corrected chi connectivity index (χ1v) is 10.8. The number of rotatable bonds is 7. The Morgan fingerprint density at radius 3 is 2.71 bits per heavy atom. The second-order valence-corrected chi connectivity index (χ2v) is 8.06. The lowest BCUT2D eigenvalue weighted by molar-refractivity contribution is 0.0962. The topological polar surface area (TPSA) is 107 Å². The third-order valence-electron chi connectivity index (χ3n) is 5.72. The molecule has 0 aliphatic carbocycles. The lowest BCUT2D eigenvalue weighted by Gasteiger charge is -2.27. The van der Waals surface area contributed by atoms with E-state index in [2.05, 4.69) is 10.3 Å². The van der Waals surface area contributed by atoms with Gasteiger partial charge in [-0.25, -0.2) is 13.8 Å². The van der Waals surface area contributed by atoms with Crippen LogP contribution >= 0.6 is 11.6 Å². The normalized spacial score (nSPS) is 16.6. The number of nitrogens with two attached hydrogens (primary N) is 1. The van der Waals surface area contributed by atoms with Gasteiger partial charge in [0.1, 0.15) is 18.2 Å². The van der Waals surface area contributed by atoms with Crippen LogP contribution in [0.15, 0.2) is 42.6 Å². The number of halogens is 3. The summed E-state index contributed by atoms with van der Waals surface area (Å²) in [5.74, 6) is -2.85. The Balaban J connectivity index is 1.98. The summed E-state index contributed by atoms with van der Waals surface area (Å²) in [7, 11) is 1.37. The van der Waals surface area contributed by atoms with Crippen molar-refractivity contribution in [2.75, 3.05) is 26.8 Å². The molecule has 178 valence electrons. The number of aliphatic hydroxyl groups excluding tert-OH is 1. The van der Waals surface area contributed by atoms with Crippen molar-refractivity contribution in [1.29, 1.82) is 0 Å². The number of hydrogen-bond acceptors (Lipinski definition) is 6. The smallest absolute Gasteiger partial charge is 0.253 e. The average molecular weight is 490 g/mol. The predicted molar refractivity (Wildman–Crippen MR) is 122 cm³/mol. The SMILES string of the molecule is CNC(=O)c1cnc(OCCO)c(F)c1-c1c(Cl)c(F)cc2c1CC(CN)(c1ccccc1)O2. The first-order chi connectivity index (χ1) is 16.4. The van der Waals surface area contributed by atoms with E-state index >= 15 is 4.39 Å². The third-order valence-corrected chi connectivity index (χ3v) is 6.09. The lowest BCUT2D eigenvalue weighted by Crippen LogP contribution is -2.39. The molecule has 7 nitrogen and oxygen atoms in total. The molecule has 0 radical (unpaired) electrons. The molecule has 3 aromatic rings. The van der Waals surface area contributed by atoms with Crippen molar-refractivity contribution in [2.45, 2.75) is 12.0 Å². The fourth-order valence-corrected chi connectivity index (χ4v) is 4.36. The summed E-state index contributed by atoms with van der Waals surface area (Å²) < 4.78 is 42.0. The van der Waals surface area contributed by atoms with Gasteiger partial charge in [0.25, 0.3) is 11.8 Å². The number of hydrogen-bond donors (Lipinski definition) is 3. The average Bonchev–Trinajstić information content (AvgIpc) is 3.24. The Bertz CT molecular complexity index is 1240. The second kappa shape index (κ2) is 9.54. The van der Waals surface area contributed by atoms with Crippen LogP contribution in [0.25, 0.3) is 11.1 Å². The lowest BCUT2D eigenvalue weighted by atomic mass is 9.85. The Hall–Kier alpha value is -3.27. The minimum atomic E-state index is -1.04. The van der Waals surface area contributed by atoms with Crippen LogP contribution in [0.5, 0.6) is 11.6 Å². The molecule has 1 amide bonds. The number of carbonyl (C=O) groups is 1. The van der Waals surface area contributed by atoms with E-state index in [1.54, 1.807) is 0 Å². The molecule has 10 heteroatoms. The summed E-state index contributed by atoms with van der Waals surface area (Å²) in [6, 6.07) is 10.3. The van der Waals surface area contributed by atoms with Gasteiger partial charge in [-0.05, 0) is 5.56 Å². The fourth-order valence-electron chi connectivity index (χ4n) is 4.10. The standard InChI is InChI=1S/C24H22ClF2N3O4/c1-29-22(32)15-11-30-23(33-8-7-31)21(27)19(15)18-14-10-24(12-28,13-5-3-2-4-6-13)34-17(14)9-16(26)20(18)25/h2-6,9,11,31H,7-8,10,12,28H2,1H3,(H,29,32). The highest BCUT2D eigenvalue weighted by Gasteiger charge is 2.43. The Morgan fingerprint density at radius 1 is 1.32 bits per heavy atom. The van der Waals surface area contributed by atoms with Crippen LogP contribution in [0, 0.1) is 11.6 Å². The largest absolute Gasteiger partial charge is 0.480 e. The van der Waals surface area contributed by atoms with Crippen LogP contribution in [0.4, 0.5) is 8.78 Å². The maximum atomic E-state index is 15.7. The van der Waals surface area contributed by atoms with Crippen LogP contribution in [0.1, 0.15) is 21.5 Å². The highest BCUT2D eigenvalue weighted by Crippen LogP contribution is 2.50. The van der Waals surface area contributed by atoms with E-state index in [9.17, 15) is 9.18 Å². The summed E-state index contributed by atoms with van der Waals surface area (Å²) in [5, 5.41) is 11.1. The molecule has 1 aliphatic rings. The highest BCUT2D eigenvalue weighted by atomic mass is 35.5.